The van der Waals surface area contributed by atoms with Crippen LogP contribution in [0.1, 0.15) is 30.9 Å². The second-order valence-electron chi connectivity index (χ2n) is 6.62. The van der Waals surface area contributed by atoms with Crippen LogP contribution in [0.2, 0.25) is 0 Å². The molecule has 0 saturated heterocycles. The summed E-state index contributed by atoms with van der Waals surface area (Å²) in [6.07, 6.45) is 5.26. The van der Waals surface area contributed by atoms with Crippen LogP contribution in [0.25, 0.3) is 5.69 Å². The minimum Gasteiger partial charge on any atom is -0.480 e. The summed E-state index contributed by atoms with van der Waals surface area (Å²) < 4.78 is 1.77. The van der Waals surface area contributed by atoms with Gasteiger partial charge in [0.1, 0.15) is 12.7 Å². The highest BCUT2D eigenvalue weighted by atomic mass is 16.4. The van der Waals surface area contributed by atoms with Gasteiger partial charge in [-0.15, -0.1) is 0 Å². The standard InChI is InChI=1S/C18H25N5O2/c1-3-22(10-18(24)25)16-7-15(8-16)20-9-14-4-5-17(13(2)6-14)23-12-19-11-21-23/h4-6,11-12,15-16,20H,3,7-10H2,1-2H3,(H,24,25). The molecule has 0 radical (unpaired) electrons. The molecule has 0 bridgehead atoms. The van der Waals surface area contributed by atoms with Crippen LogP contribution in [-0.2, 0) is 11.3 Å². The van der Waals surface area contributed by atoms with E-state index in [1.54, 1.807) is 11.0 Å². The second kappa shape index (κ2) is 7.76. The van der Waals surface area contributed by atoms with E-state index in [4.69, 9.17) is 5.11 Å². The fourth-order valence-electron chi connectivity index (χ4n) is 3.40. The van der Waals surface area contributed by atoms with Gasteiger partial charge in [-0.1, -0.05) is 19.1 Å². The molecule has 25 heavy (non-hydrogen) atoms. The number of aryl methyl sites for hydroxylation is 1. The van der Waals surface area contributed by atoms with Gasteiger partial charge in [0.2, 0.25) is 0 Å². The maximum Gasteiger partial charge on any atom is 0.317 e. The Morgan fingerprint density at radius 3 is 2.84 bits per heavy atom. The van der Waals surface area contributed by atoms with Crippen LogP contribution in [0.15, 0.2) is 30.9 Å². The zero-order valence-corrected chi connectivity index (χ0v) is 14.7. The molecule has 0 unspecified atom stereocenters. The molecule has 0 spiro atoms. The lowest BCUT2D eigenvalue weighted by Crippen LogP contribution is -2.53. The van der Waals surface area contributed by atoms with Gasteiger partial charge in [-0.05, 0) is 43.5 Å². The summed E-state index contributed by atoms with van der Waals surface area (Å²) in [6.45, 7) is 5.83. The number of likely N-dealkylation sites (N-methyl/N-ethyl adjacent to an activating group) is 1. The first-order valence-electron chi connectivity index (χ1n) is 8.70. The quantitative estimate of drug-likeness (QED) is 0.758. The Morgan fingerprint density at radius 1 is 1.44 bits per heavy atom. The van der Waals surface area contributed by atoms with Crippen molar-refractivity contribution in [1.29, 1.82) is 0 Å². The first kappa shape index (κ1) is 17.6. The van der Waals surface area contributed by atoms with E-state index < -0.39 is 5.97 Å². The Hall–Kier alpha value is -2.25. The molecule has 1 aliphatic carbocycles. The molecule has 1 heterocycles. The number of rotatable bonds is 8. The van der Waals surface area contributed by atoms with Crippen molar-refractivity contribution < 1.29 is 9.90 Å². The van der Waals surface area contributed by atoms with Crippen molar-refractivity contribution in [1.82, 2.24) is 25.0 Å². The lowest BCUT2D eigenvalue weighted by Gasteiger charge is -2.42. The van der Waals surface area contributed by atoms with Gasteiger partial charge in [-0.25, -0.2) is 9.67 Å². The van der Waals surface area contributed by atoms with Gasteiger partial charge in [0.05, 0.1) is 12.2 Å². The van der Waals surface area contributed by atoms with Gasteiger partial charge in [0.25, 0.3) is 0 Å². The van der Waals surface area contributed by atoms with Gasteiger partial charge >= 0.3 is 5.97 Å². The van der Waals surface area contributed by atoms with Crippen molar-refractivity contribution in [3.63, 3.8) is 0 Å². The zero-order chi connectivity index (χ0) is 17.8. The summed E-state index contributed by atoms with van der Waals surface area (Å²) in [5, 5.41) is 16.7. The van der Waals surface area contributed by atoms with Crippen molar-refractivity contribution in [2.45, 2.75) is 45.3 Å². The Kier molecular flexibility index (Phi) is 5.45. The Labute approximate surface area is 147 Å². The van der Waals surface area contributed by atoms with Crippen molar-refractivity contribution in [2.75, 3.05) is 13.1 Å². The highest BCUT2D eigenvalue weighted by Gasteiger charge is 2.33. The van der Waals surface area contributed by atoms with Crippen molar-refractivity contribution >= 4 is 5.97 Å². The van der Waals surface area contributed by atoms with Gasteiger partial charge in [0, 0.05) is 18.6 Å². The average molecular weight is 343 g/mol. The van der Waals surface area contributed by atoms with Crippen LogP contribution < -0.4 is 5.32 Å². The fourth-order valence-corrected chi connectivity index (χ4v) is 3.40. The molecule has 0 amide bonds. The predicted molar refractivity (Wildman–Crippen MR) is 94.6 cm³/mol. The lowest BCUT2D eigenvalue weighted by atomic mass is 9.85. The normalized spacial score (nSPS) is 19.8. The molecule has 3 rings (SSSR count). The van der Waals surface area contributed by atoms with E-state index in [2.05, 4.69) is 40.5 Å². The van der Waals surface area contributed by atoms with Gasteiger partial charge in [-0.3, -0.25) is 9.69 Å². The molecule has 134 valence electrons. The van der Waals surface area contributed by atoms with Crippen LogP contribution in [-0.4, -0.2) is 55.9 Å². The fraction of sp³-hybridized carbons (Fsp3) is 0.500. The van der Waals surface area contributed by atoms with E-state index in [9.17, 15) is 4.79 Å². The van der Waals surface area contributed by atoms with Crippen LogP contribution in [0.5, 0.6) is 0 Å². The highest BCUT2D eigenvalue weighted by Crippen LogP contribution is 2.26. The summed E-state index contributed by atoms with van der Waals surface area (Å²) in [5.74, 6) is -0.749. The number of carboxylic acids is 1. The van der Waals surface area contributed by atoms with Crippen molar-refractivity contribution in [3.8, 4) is 5.69 Å². The molecule has 2 aromatic rings. The first-order valence-corrected chi connectivity index (χ1v) is 8.70. The number of nitrogens with one attached hydrogen (secondary N) is 1. The molecule has 1 fully saturated rings. The minimum absolute atomic E-state index is 0.136. The van der Waals surface area contributed by atoms with Crippen LogP contribution in [0, 0.1) is 6.92 Å². The maximum atomic E-state index is 10.9. The highest BCUT2D eigenvalue weighted by molar-refractivity contribution is 5.69. The Morgan fingerprint density at radius 2 is 2.24 bits per heavy atom. The first-order chi connectivity index (χ1) is 12.1. The minimum atomic E-state index is -0.749. The topological polar surface area (TPSA) is 83.3 Å². The van der Waals surface area contributed by atoms with Crippen LogP contribution >= 0.6 is 0 Å². The smallest absolute Gasteiger partial charge is 0.317 e. The Balaban J connectivity index is 1.49. The molecule has 0 atom stereocenters. The predicted octanol–water partition coefficient (Wildman–Crippen LogP) is 1.60. The third kappa shape index (κ3) is 4.24. The zero-order valence-electron chi connectivity index (χ0n) is 14.7. The van der Waals surface area contributed by atoms with Gasteiger partial charge in [0.15, 0.2) is 0 Å². The van der Waals surface area contributed by atoms with Crippen molar-refractivity contribution in [2.24, 2.45) is 0 Å². The molecule has 7 heteroatoms. The Bertz CT molecular complexity index is 710. The number of nitrogens with zero attached hydrogens (tertiary/aromatic N) is 4. The number of benzene rings is 1. The molecule has 7 nitrogen and oxygen atoms in total. The number of carbonyl (C=O) groups is 1. The summed E-state index contributed by atoms with van der Waals surface area (Å²) in [6, 6.07) is 7.19. The van der Waals surface area contributed by atoms with Crippen molar-refractivity contribution in [3.05, 3.63) is 42.0 Å². The van der Waals surface area contributed by atoms with E-state index in [0.717, 1.165) is 37.2 Å². The van der Waals surface area contributed by atoms with E-state index in [1.807, 2.05) is 11.8 Å². The van der Waals surface area contributed by atoms with Crippen LogP contribution in [0.3, 0.4) is 0 Å². The average Bonchev–Trinajstić information content (AvgIpc) is 3.06. The summed E-state index contributed by atoms with van der Waals surface area (Å²) in [4.78, 5) is 16.9. The van der Waals surface area contributed by atoms with E-state index in [-0.39, 0.29) is 6.54 Å². The molecular weight excluding hydrogens is 318 g/mol. The SMILES string of the molecule is CCN(CC(=O)O)C1CC(NCc2ccc(-n3cncn3)c(C)c2)C1. The molecule has 1 aromatic carbocycles. The van der Waals surface area contributed by atoms with Gasteiger partial charge in [-0.2, -0.15) is 5.10 Å². The number of hydrogen-bond acceptors (Lipinski definition) is 5. The third-order valence-electron chi connectivity index (χ3n) is 4.90. The number of aromatic nitrogens is 3. The molecule has 1 aliphatic rings. The second-order valence-corrected chi connectivity index (χ2v) is 6.62. The lowest BCUT2D eigenvalue weighted by molar-refractivity contribution is -0.139. The number of carboxylic acid groups (broad SMARTS) is 1. The molecule has 1 aromatic heterocycles. The summed E-state index contributed by atoms with van der Waals surface area (Å²) in [7, 11) is 0. The summed E-state index contributed by atoms with van der Waals surface area (Å²) >= 11 is 0. The molecule has 0 aliphatic heterocycles. The van der Waals surface area contributed by atoms with Gasteiger partial charge < -0.3 is 10.4 Å². The monoisotopic (exact) mass is 343 g/mol. The van der Waals surface area contributed by atoms with Crippen LogP contribution in [0.4, 0.5) is 0 Å². The summed E-state index contributed by atoms with van der Waals surface area (Å²) in [5.41, 5.74) is 3.44. The third-order valence-corrected chi connectivity index (χ3v) is 4.90. The molecular formula is C18H25N5O2. The van der Waals surface area contributed by atoms with E-state index >= 15 is 0 Å². The number of aliphatic carboxylic acids is 1. The number of hydrogen-bond donors (Lipinski definition) is 2. The van der Waals surface area contributed by atoms with E-state index in [1.165, 1.54) is 11.9 Å². The molecule has 2 N–H and O–H groups in total. The maximum absolute atomic E-state index is 10.9. The molecule has 1 saturated carbocycles. The van der Waals surface area contributed by atoms with E-state index in [0.29, 0.717) is 12.1 Å². The largest absolute Gasteiger partial charge is 0.480 e.